The third kappa shape index (κ3) is 2.57. The van der Waals surface area contributed by atoms with E-state index in [-0.39, 0.29) is 5.15 Å². The summed E-state index contributed by atoms with van der Waals surface area (Å²) in [5.74, 6) is 0. The number of aryl methyl sites for hydroxylation is 2. The largest absolute Gasteiger partial charge is 0.368 e. The minimum atomic E-state index is 0.256. The van der Waals surface area contributed by atoms with Crippen LogP contribution in [-0.2, 0) is 6.54 Å². The van der Waals surface area contributed by atoms with E-state index in [2.05, 4.69) is 14.7 Å². The number of anilines is 1. The molecule has 2 aromatic heterocycles. The molecule has 88 valence electrons. The summed E-state index contributed by atoms with van der Waals surface area (Å²) in [6.45, 7) is 4.62. The summed E-state index contributed by atoms with van der Waals surface area (Å²) in [4.78, 5) is 5.62. The van der Waals surface area contributed by atoms with E-state index in [1.165, 1.54) is 16.4 Å². The first-order chi connectivity index (χ1) is 8.11. The van der Waals surface area contributed by atoms with Crippen molar-refractivity contribution < 1.29 is 0 Å². The molecule has 0 spiro atoms. The van der Waals surface area contributed by atoms with Gasteiger partial charge in [-0.25, -0.2) is 4.98 Å². The fourth-order valence-corrected chi connectivity index (χ4v) is 3.06. The summed E-state index contributed by atoms with van der Waals surface area (Å²) >= 11 is 8.62. The number of aromatic nitrogens is 2. The molecule has 7 heteroatoms. The van der Waals surface area contributed by atoms with Gasteiger partial charge in [-0.2, -0.15) is 9.64 Å². The molecule has 1 N–H and O–H groups in total. The molecule has 2 rings (SSSR count). The number of hydrogen-bond acceptors (Lipinski definition) is 6. The summed E-state index contributed by atoms with van der Waals surface area (Å²) in [5.41, 5.74) is 1.45. The lowest BCUT2D eigenvalue weighted by Crippen LogP contribution is -1.98. The van der Waals surface area contributed by atoms with Crippen molar-refractivity contribution in [3.8, 4) is 6.07 Å². The molecule has 0 atom stereocenters. The summed E-state index contributed by atoms with van der Waals surface area (Å²) < 4.78 is 3.93. The zero-order valence-electron chi connectivity index (χ0n) is 9.24. The summed E-state index contributed by atoms with van der Waals surface area (Å²) in [7, 11) is 0. The van der Waals surface area contributed by atoms with E-state index in [1.54, 1.807) is 11.3 Å². The molecule has 0 aliphatic carbocycles. The Morgan fingerprint density at radius 2 is 2.24 bits per heavy atom. The molecule has 2 aromatic rings. The highest BCUT2D eigenvalue weighted by atomic mass is 35.5. The number of rotatable bonds is 3. The van der Waals surface area contributed by atoms with E-state index in [4.69, 9.17) is 16.9 Å². The fourth-order valence-electron chi connectivity index (χ4n) is 1.26. The Morgan fingerprint density at radius 1 is 1.47 bits per heavy atom. The van der Waals surface area contributed by atoms with E-state index in [1.807, 2.05) is 19.9 Å². The van der Waals surface area contributed by atoms with E-state index in [0.717, 1.165) is 10.7 Å². The third-order valence-electron chi connectivity index (χ3n) is 2.24. The number of nitriles is 1. The van der Waals surface area contributed by atoms with Gasteiger partial charge in [0.05, 0.1) is 12.2 Å². The Morgan fingerprint density at radius 3 is 2.82 bits per heavy atom. The van der Waals surface area contributed by atoms with Crippen LogP contribution in [0, 0.1) is 25.2 Å². The van der Waals surface area contributed by atoms with Crippen molar-refractivity contribution in [3.05, 3.63) is 26.3 Å². The van der Waals surface area contributed by atoms with Gasteiger partial charge in [0, 0.05) is 4.88 Å². The molecule has 0 bridgehead atoms. The average molecular weight is 285 g/mol. The summed E-state index contributed by atoms with van der Waals surface area (Å²) in [6.07, 6.45) is 0. The van der Waals surface area contributed by atoms with Gasteiger partial charge in [0.2, 0.25) is 0 Å². The number of nitrogens with one attached hydrogen (secondary N) is 1. The predicted octanol–water partition coefficient (Wildman–Crippen LogP) is 3.35. The second kappa shape index (κ2) is 5.00. The van der Waals surface area contributed by atoms with Crippen LogP contribution >= 0.6 is 34.5 Å². The van der Waals surface area contributed by atoms with Gasteiger partial charge in [0.15, 0.2) is 5.15 Å². The monoisotopic (exact) mass is 284 g/mol. The van der Waals surface area contributed by atoms with Crippen LogP contribution in [0.3, 0.4) is 0 Å². The van der Waals surface area contributed by atoms with Crippen molar-refractivity contribution in [3.63, 3.8) is 0 Å². The molecule has 0 aliphatic heterocycles. The van der Waals surface area contributed by atoms with Crippen LogP contribution in [0.2, 0.25) is 5.15 Å². The summed E-state index contributed by atoms with van der Waals surface area (Å²) in [5, 5.41) is 14.0. The molecule has 0 saturated heterocycles. The zero-order valence-corrected chi connectivity index (χ0v) is 11.6. The van der Waals surface area contributed by atoms with E-state index >= 15 is 0 Å². The smallest absolute Gasteiger partial charge is 0.162 e. The van der Waals surface area contributed by atoms with Crippen molar-refractivity contribution in [2.45, 2.75) is 20.4 Å². The third-order valence-corrected chi connectivity index (χ3v) is 4.49. The molecule has 17 heavy (non-hydrogen) atoms. The normalized spacial score (nSPS) is 10.2. The molecule has 0 fully saturated rings. The molecule has 0 saturated carbocycles. The number of thiazole rings is 1. The molecular formula is C10H9ClN4S2. The Kier molecular flexibility index (Phi) is 3.62. The molecule has 0 aliphatic rings. The van der Waals surface area contributed by atoms with Crippen LogP contribution in [-0.4, -0.2) is 9.36 Å². The lowest BCUT2D eigenvalue weighted by Gasteiger charge is -1.99. The maximum atomic E-state index is 8.91. The van der Waals surface area contributed by atoms with Gasteiger partial charge < -0.3 is 5.32 Å². The van der Waals surface area contributed by atoms with Gasteiger partial charge in [-0.05, 0) is 25.4 Å². The van der Waals surface area contributed by atoms with Crippen LogP contribution in [0.5, 0.6) is 0 Å². The Hall–Kier alpha value is -1.16. The first-order valence-electron chi connectivity index (χ1n) is 4.84. The molecule has 0 amide bonds. The lowest BCUT2D eigenvalue weighted by molar-refractivity contribution is 1.07. The number of halogens is 1. The van der Waals surface area contributed by atoms with Gasteiger partial charge in [-0.3, -0.25) is 0 Å². The standard InChI is InChI=1S/C10H9ClN4S2/c1-5-6(2)16-8(14-5)4-13-10-7(3-12)9(11)15-17-10/h13H,4H2,1-2H3. The molecule has 0 radical (unpaired) electrons. The SMILES string of the molecule is Cc1nc(CNc2snc(Cl)c2C#N)sc1C. The maximum Gasteiger partial charge on any atom is 0.162 e. The van der Waals surface area contributed by atoms with Gasteiger partial charge in [0.25, 0.3) is 0 Å². The Labute approximate surface area is 112 Å². The van der Waals surface area contributed by atoms with Crippen LogP contribution < -0.4 is 5.32 Å². The van der Waals surface area contributed by atoms with Crippen molar-refractivity contribution >= 4 is 39.5 Å². The van der Waals surface area contributed by atoms with Crippen LogP contribution in [0.4, 0.5) is 5.00 Å². The highest BCUT2D eigenvalue weighted by Crippen LogP contribution is 2.28. The average Bonchev–Trinajstić information content (AvgIpc) is 2.80. The highest BCUT2D eigenvalue weighted by molar-refractivity contribution is 7.12. The first kappa shape index (κ1) is 12.3. The van der Waals surface area contributed by atoms with E-state index in [0.29, 0.717) is 17.1 Å². The van der Waals surface area contributed by atoms with Gasteiger partial charge >= 0.3 is 0 Å². The fraction of sp³-hybridized carbons (Fsp3) is 0.300. The van der Waals surface area contributed by atoms with Crippen molar-refractivity contribution in [1.82, 2.24) is 9.36 Å². The predicted molar refractivity (Wildman–Crippen MR) is 70.8 cm³/mol. The van der Waals surface area contributed by atoms with E-state index < -0.39 is 0 Å². The minimum absolute atomic E-state index is 0.256. The summed E-state index contributed by atoms with van der Waals surface area (Å²) in [6, 6.07) is 2.03. The number of hydrogen-bond donors (Lipinski definition) is 1. The Bertz CT molecular complexity index is 562. The van der Waals surface area contributed by atoms with Crippen molar-refractivity contribution in [1.29, 1.82) is 5.26 Å². The first-order valence-corrected chi connectivity index (χ1v) is 6.80. The second-order valence-corrected chi connectivity index (χ2v) is 5.81. The second-order valence-electron chi connectivity index (χ2n) is 3.39. The van der Waals surface area contributed by atoms with Crippen LogP contribution in [0.1, 0.15) is 21.1 Å². The maximum absolute atomic E-state index is 8.91. The topological polar surface area (TPSA) is 61.6 Å². The highest BCUT2D eigenvalue weighted by Gasteiger charge is 2.12. The zero-order chi connectivity index (χ0) is 12.4. The molecule has 0 unspecified atom stereocenters. The Balaban J connectivity index is 2.10. The van der Waals surface area contributed by atoms with Crippen LogP contribution in [0.25, 0.3) is 0 Å². The molecule has 0 aromatic carbocycles. The quantitative estimate of drug-likeness (QED) is 0.939. The van der Waals surface area contributed by atoms with Crippen molar-refractivity contribution in [2.75, 3.05) is 5.32 Å². The lowest BCUT2D eigenvalue weighted by atomic mass is 10.4. The van der Waals surface area contributed by atoms with Crippen molar-refractivity contribution in [2.24, 2.45) is 0 Å². The number of nitrogens with zero attached hydrogens (tertiary/aromatic N) is 3. The van der Waals surface area contributed by atoms with Crippen LogP contribution in [0.15, 0.2) is 0 Å². The molecular weight excluding hydrogens is 276 g/mol. The van der Waals surface area contributed by atoms with E-state index in [9.17, 15) is 0 Å². The minimum Gasteiger partial charge on any atom is -0.368 e. The van der Waals surface area contributed by atoms with Gasteiger partial charge in [0.1, 0.15) is 21.6 Å². The molecule has 2 heterocycles. The van der Waals surface area contributed by atoms with Gasteiger partial charge in [-0.15, -0.1) is 11.3 Å². The molecule has 4 nitrogen and oxygen atoms in total. The van der Waals surface area contributed by atoms with Gasteiger partial charge in [-0.1, -0.05) is 11.6 Å².